The van der Waals surface area contributed by atoms with E-state index in [1.54, 1.807) is 12.1 Å². The van der Waals surface area contributed by atoms with Crippen molar-refractivity contribution in [3.05, 3.63) is 40.8 Å². The first kappa shape index (κ1) is 11.6. The van der Waals surface area contributed by atoms with Gasteiger partial charge in [-0.05, 0) is 12.1 Å². The molecule has 0 spiro atoms. The van der Waals surface area contributed by atoms with Crippen molar-refractivity contribution >= 4 is 11.1 Å². The van der Waals surface area contributed by atoms with E-state index >= 15 is 0 Å². The molecule has 0 atom stereocenters. The van der Waals surface area contributed by atoms with Crippen molar-refractivity contribution in [3.8, 4) is 11.3 Å². The van der Waals surface area contributed by atoms with Gasteiger partial charge in [0.25, 0.3) is 0 Å². The molecule has 0 bridgehead atoms. The van der Waals surface area contributed by atoms with Crippen LogP contribution in [0.4, 0.5) is 13.2 Å². The number of hydrogen-bond donors (Lipinski definition) is 2. The Morgan fingerprint density at radius 1 is 1.21 bits per heavy atom. The molecule has 0 aliphatic heterocycles. The molecule has 98 valence electrons. The Hall–Kier alpha value is -2.51. The second-order valence-electron chi connectivity index (χ2n) is 3.87. The van der Waals surface area contributed by atoms with Crippen molar-refractivity contribution in [2.75, 3.05) is 0 Å². The highest BCUT2D eigenvalue weighted by Gasteiger charge is 2.34. The molecule has 2 aromatic heterocycles. The molecule has 0 saturated heterocycles. The van der Waals surface area contributed by atoms with Gasteiger partial charge in [0.15, 0.2) is 5.58 Å². The first-order chi connectivity index (χ1) is 8.93. The second kappa shape index (κ2) is 3.74. The monoisotopic (exact) mass is 269 g/mol. The Morgan fingerprint density at radius 2 is 2.00 bits per heavy atom. The van der Waals surface area contributed by atoms with Gasteiger partial charge in [-0.15, -0.1) is 0 Å². The maximum Gasteiger partial charge on any atom is 0.449 e. The predicted molar refractivity (Wildman–Crippen MR) is 59.4 cm³/mol. The normalized spacial score (nSPS) is 12.2. The van der Waals surface area contributed by atoms with Crippen LogP contribution in [0.2, 0.25) is 0 Å². The van der Waals surface area contributed by atoms with Crippen molar-refractivity contribution in [2.24, 2.45) is 0 Å². The molecule has 5 nitrogen and oxygen atoms in total. The zero-order valence-corrected chi connectivity index (χ0v) is 9.21. The van der Waals surface area contributed by atoms with E-state index in [4.69, 9.17) is 4.42 Å². The summed E-state index contributed by atoms with van der Waals surface area (Å²) >= 11 is 0. The number of nitrogens with one attached hydrogen (secondary N) is 2. The van der Waals surface area contributed by atoms with E-state index in [1.165, 1.54) is 6.07 Å². The summed E-state index contributed by atoms with van der Waals surface area (Å²) in [5, 5.41) is 0. The number of aromatic nitrogens is 3. The molecule has 19 heavy (non-hydrogen) atoms. The molecule has 1 aromatic carbocycles. The number of halogens is 3. The number of rotatable bonds is 1. The van der Waals surface area contributed by atoms with Crippen LogP contribution in [0.5, 0.6) is 0 Å². The molecule has 0 fully saturated rings. The number of benzene rings is 1. The van der Waals surface area contributed by atoms with Gasteiger partial charge in [0, 0.05) is 5.56 Å². The van der Waals surface area contributed by atoms with E-state index in [2.05, 4.69) is 15.0 Å². The lowest BCUT2D eigenvalue weighted by molar-refractivity contribution is -0.144. The highest BCUT2D eigenvalue weighted by Crippen LogP contribution is 2.29. The number of aromatic amines is 2. The Bertz CT molecular complexity index is 797. The van der Waals surface area contributed by atoms with Crippen molar-refractivity contribution in [2.45, 2.75) is 6.18 Å². The van der Waals surface area contributed by atoms with Crippen LogP contribution in [0.15, 0.2) is 33.6 Å². The lowest BCUT2D eigenvalue weighted by atomic mass is 10.1. The van der Waals surface area contributed by atoms with Crippen LogP contribution in [0, 0.1) is 0 Å². The van der Waals surface area contributed by atoms with Crippen LogP contribution in [0.25, 0.3) is 22.4 Å². The summed E-state index contributed by atoms with van der Waals surface area (Å²) in [6.07, 6.45) is -3.45. The third-order valence-electron chi connectivity index (χ3n) is 2.58. The molecule has 0 amide bonds. The smallest absolute Gasteiger partial charge is 0.408 e. The van der Waals surface area contributed by atoms with Gasteiger partial charge in [-0.3, -0.25) is 4.98 Å². The van der Waals surface area contributed by atoms with Crippen LogP contribution < -0.4 is 5.76 Å². The van der Waals surface area contributed by atoms with Crippen molar-refractivity contribution in [3.63, 3.8) is 0 Å². The van der Waals surface area contributed by atoms with Crippen molar-refractivity contribution < 1.29 is 17.6 Å². The third-order valence-corrected chi connectivity index (χ3v) is 2.58. The molecule has 3 aromatic rings. The van der Waals surface area contributed by atoms with Crippen molar-refractivity contribution in [1.29, 1.82) is 0 Å². The average Bonchev–Trinajstić information content (AvgIpc) is 2.90. The summed E-state index contributed by atoms with van der Waals surface area (Å²) in [5.41, 5.74) is 1.38. The number of nitrogens with zero attached hydrogens (tertiary/aromatic N) is 1. The van der Waals surface area contributed by atoms with E-state index in [0.717, 1.165) is 6.20 Å². The van der Waals surface area contributed by atoms with Gasteiger partial charge < -0.3 is 9.40 Å². The van der Waals surface area contributed by atoms with E-state index in [9.17, 15) is 18.0 Å². The maximum atomic E-state index is 12.4. The number of oxazole rings is 1. The largest absolute Gasteiger partial charge is 0.449 e. The third kappa shape index (κ3) is 2.01. The number of imidazole rings is 1. The van der Waals surface area contributed by atoms with Crippen LogP contribution in [-0.2, 0) is 6.18 Å². The Balaban J connectivity index is 2.08. The van der Waals surface area contributed by atoms with E-state index in [0.29, 0.717) is 11.1 Å². The lowest BCUT2D eigenvalue weighted by Gasteiger charge is -2.01. The molecule has 8 heteroatoms. The SMILES string of the molecule is O=c1[nH]c2ccc(-c3cnc(C(F)(F)F)[nH]3)cc2o1. The van der Waals surface area contributed by atoms with Crippen molar-refractivity contribution in [1.82, 2.24) is 15.0 Å². The van der Waals surface area contributed by atoms with Crippen LogP contribution in [0.1, 0.15) is 5.82 Å². The Labute approximate surface area is 103 Å². The van der Waals surface area contributed by atoms with Gasteiger partial charge in [-0.1, -0.05) is 6.07 Å². The van der Waals surface area contributed by atoms with Crippen LogP contribution in [-0.4, -0.2) is 15.0 Å². The highest BCUT2D eigenvalue weighted by molar-refractivity contribution is 5.78. The Kier molecular flexibility index (Phi) is 2.28. The van der Waals surface area contributed by atoms with Gasteiger partial charge >= 0.3 is 11.9 Å². The minimum absolute atomic E-state index is 0.193. The van der Waals surface area contributed by atoms with Gasteiger partial charge in [0.05, 0.1) is 17.4 Å². The summed E-state index contributed by atoms with van der Waals surface area (Å²) in [5.74, 6) is -1.69. The zero-order valence-electron chi connectivity index (χ0n) is 9.21. The van der Waals surface area contributed by atoms with Gasteiger partial charge in [0.1, 0.15) is 0 Å². The van der Waals surface area contributed by atoms with E-state index in [1.807, 2.05) is 0 Å². The zero-order chi connectivity index (χ0) is 13.6. The van der Waals surface area contributed by atoms with Gasteiger partial charge in [0.2, 0.25) is 5.82 Å². The summed E-state index contributed by atoms with van der Waals surface area (Å²) in [6.45, 7) is 0. The molecule has 0 radical (unpaired) electrons. The standard InChI is InChI=1S/C11H6F3N3O2/c12-11(13,14)9-15-4-7(16-9)5-1-2-6-8(3-5)19-10(18)17-6/h1-4H,(H,15,16)(H,17,18). The predicted octanol–water partition coefficient (Wildman–Crippen LogP) is 2.53. The summed E-state index contributed by atoms with van der Waals surface area (Å²) in [6, 6.07) is 4.56. The molecule has 0 unspecified atom stereocenters. The first-order valence-electron chi connectivity index (χ1n) is 5.19. The minimum atomic E-state index is -4.52. The number of alkyl halides is 3. The average molecular weight is 269 g/mol. The summed E-state index contributed by atoms with van der Waals surface area (Å²) in [4.78, 5) is 18.9. The number of hydrogen-bond acceptors (Lipinski definition) is 3. The molecule has 0 saturated carbocycles. The maximum absolute atomic E-state index is 12.4. The molecular formula is C11H6F3N3O2. The quantitative estimate of drug-likeness (QED) is 0.712. The van der Waals surface area contributed by atoms with Gasteiger partial charge in [-0.25, -0.2) is 9.78 Å². The van der Waals surface area contributed by atoms with Crippen LogP contribution in [0.3, 0.4) is 0 Å². The van der Waals surface area contributed by atoms with Gasteiger partial charge in [-0.2, -0.15) is 13.2 Å². The fourth-order valence-corrected chi connectivity index (χ4v) is 1.72. The highest BCUT2D eigenvalue weighted by atomic mass is 19.4. The molecular weight excluding hydrogens is 263 g/mol. The second-order valence-corrected chi connectivity index (χ2v) is 3.87. The lowest BCUT2D eigenvalue weighted by Crippen LogP contribution is -2.07. The Morgan fingerprint density at radius 3 is 2.68 bits per heavy atom. The fourth-order valence-electron chi connectivity index (χ4n) is 1.72. The minimum Gasteiger partial charge on any atom is -0.408 e. The fraction of sp³-hybridized carbons (Fsp3) is 0.0909. The molecule has 2 N–H and O–H groups in total. The summed E-state index contributed by atoms with van der Waals surface area (Å²) in [7, 11) is 0. The molecule has 2 heterocycles. The number of fused-ring (bicyclic) bond motifs is 1. The van der Waals surface area contributed by atoms with Crippen LogP contribution >= 0.6 is 0 Å². The summed E-state index contributed by atoms with van der Waals surface area (Å²) < 4.78 is 42.1. The first-order valence-corrected chi connectivity index (χ1v) is 5.19. The van der Waals surface area contributed by atoms with E-state index < -0.39 is 17.8 Å². The van der Waals surface area contributed by atoms with E-state index in [-0.39, 0.29) is 11.3 Å². The topological polar surface area (TPSA) is 74.7 Å². The molecule has 0 aliphatic carbocycles. The molecule has 3 rings (SSSR count). The number of H-pyrrole nitrogens is 2. The molecule has 0 aliphatic rings.